The van der Waals surface area contributed by atoms with E-state index in [-0.39, 0.29) is 11.9 Å². The highest BCUT2D eigenvalue weighted by atomic mass is 16.1. The van der Waals surface area contributed by atoms with Gasteiger partial charge in [-0.15, -0.1) is 0 Å². The van der Waals surface area contributed by atoms with E-state index < -0.39 is 0 Å². The fraction of sp³-hybridized carbons (Fsp3) is 0.938. The van der Waals surface area contributed by atoms with Gasteiger partial charge in [0.1, 0.15) is 0 Å². The van der Waals surface area contributed by atoms with E-state index >= 15 is 0 Å². The molecule has 20 heavy (non-hydrogen) atoms. The number of nitrogens with zero attached hydrogens (tertiary/aromatic N) is 1. The molecular formula is C16H31N3O. The average molecular weight is 281 g/mol. The topological polar surface area (TPSA) is 44.4 Å². The Morgan fingerprint density at radius 2 is 2.05 bits per heavy atom. The summed E-state index contributed by atoms with van der Waals surface area (Å²) in [6, 6.07) is 0.652. The number of rotatable bonds is 5. The summed E-state index contributed by atoms with van der Waals surface area (Å²) in [5.41, 5.74) is 0. The highest BCUT2D eigenvalue weighted by Crippen LogP contribution is 2.20. The number of carbonyl (C=O) groups excluding carboxylic acids is 1. The highest BCUT2D eigenvalue weighted by molar-refractivity contribution is 5.76. The van der Waals surface area contributed by atoms with Crippen LogP contribution in [0.25, 0.3) is 0 Å². The third kappa shape index (κ3) is 5.06. The van der Waals surface area contributed by atoms with Crippen LogP contribution in [0.3, 0.4) is 0 Å². The van der Waals surface area contributed by atoms with Gasteiger partial charge in [0.25, 0.3) is 0 Å². The zero-order valence-corrected chi connectivity index (χ0v) is 13.3. The van der Waals surface area contributed by atoms with Gasteiger partial charge >= 0.3 is 0 Å². The minimum atomic E-state index is 0.204. The predicted molar refractivity (Wildman–Crippen MR) is 82.6 cm³/mol. The second-order valence-electron chi connectivity index (χ2n) is 7.13. The first-order valence-corrected chi connectivity index (χ1v) is 8.28. The first-order chi connectivity index (χ1) is 9.52. The summed E-state index contributed by atoms with van der Waals surface area (Å²) < 4.78 is 0. The molecule has 2 aliphatic rings. The number of hydrogen-bond acceptors (Lipinski definition) is 3. The van der Waals surface area contributed by atoms with Crippen LogP contribution in [0.2, 0.25) is 0 Å². The Morgan fingerprint density at radius 1 is 1.35 bits per heavy atom. The van der Waals surface area contributed by atoms with E-state index in [0.29, 0.717) is 12.5 Å². The Bertz CT molecular complexity index is 305. The highest BCUT2D eigenvalue weighted by Gasteiger charge is 2.24. The predicted octanol–water partition coefficient (Wildman–Crippen LogP) is 1.61. The molecule has 2 N–H and O–H groups in total. The van der Waals surface area contributed by atoms with Gasteiger partial charge in [-0.2, -0.15) is 0 Å². The number of nitrogens with one attached hydrogen (secondary N) is 2. The maximum Gasteiger partial charge on any atom is 0.221 e. The standard InChI is InChI=1S/C16H31N3O/c1-12-7-13(2)10-19(9-12)11-14(3)18-16(20)8-15-5-4-6-17-15/h12-15,17H,4-11H2,1-3H3,(H,18,20). The lowest BCUT2D eigenvalue weighted by Gasteiger charge is -2.36. The number of hydrogen-bond donors (Lipinski definition) is 2. The minimum Gasteiger partial charge on any atom is -0.352 e. The molecule has 2 heterocycles. The molecule has 0 aromatic heterocycles. The number of carbonyl (C=O) groups is 1. The summed E-state index contributed by atoms with van der Waals surface area (Å²) in [6.45, 7) is 11.2. The van der Waals surface area contributed by atoms with Gasteiger partial charge < -0.3 is 15.5 Å². The van der Waals surface area contributed by atoms with Crippen molar-refractivity contribution >= 4 is 5.91 Å². The van der Waals surface area contributed by atoms with Crippen LogP contribution in [0.1, 0.15) is 46.5 Å². The van der Waals surface area contributed by atoms with E-state index in [4.69, 9.17) is 0 Å². The third-order valence-electron chi connectivity index (χ3n) is 4.48. The molecule has 4 unspecified atom stereocenters. The molecular weight excluding hydrogens is 250 g/mol. The van der Waals surface area contributed by atoms with E-state index in [2.05, 4.69) is 36.3 Å². The molecule has 4 atom stereocenters. The van der Waals surface area contributed by atoms with Gasteiger partial charge in [0.15, 0.2) is 0 Å². The van der Waals surface area contributed by atoms with E-state index in [9.17, 15) is 4.79 Å². The maximum absolute atomic E-state index is 12.0. The zero-order valence-electron chi connectivity index (χ0n) is 13.3. The van der Waals surface area contributed by atoms with E-state index in [0.717, 1.165) is 31.3 Å². The minimum absolute atomic E-state index is 0.204. The Balaban J connectivity index is 1.68. The summed E-state index contributed by atoms with van der Waals surface area (Å²) in [4.78, 5) is 14.5. The SMILES string of the molecule is CC1CC(C)CN(CC(C)NC(=O)CC2CCCN2)C1. The Hall–Kier alpha value is -0.610. The van der Waals surface area contributed by atoms with Crippen molar-refractivity contribution in [2.24, 2.45) is 11.8 Å². The molecule has 116 valence electrons. The number of piperidine rings is 1. The molecule has 0 spiro atoms. The lowest BCUT2D eigenvalue weighted by atomic mass is 9.92. The molecule has 2 fully saturated rings. The molecule has 0 aromatic rings. The third-order valence-corrected chi connectivity index (χ3v) is 4.48. The van der Waals surface area contributed by atoms with Crippen molar-refractivity contribution in [3.8, 4) is 0 Å². The van der Waals surface area contributed by atoms with Crippen molar-refractivity contribution < 1.29 is 4.79 Å². The second-order valence-corrected chi connectivity index (χ2v) is 7.13. The van der Waals surface area contributed by atoms with Gasteiger partial charge in [-0.3, -0.25) is 4.79 Å². The lowest BCUT2D eigenvalue weighted by Crippen LogP contribution is -2.47. The van der Waals surface area contributed by atoms with Crippen LogP contribution in [0, 0.1) is 11.8 Å². The molecule has 2 rings (SSSR count). The number of amides is 1. The first-order valence-electron chi connectivity index (χ1n) is 8.28. The zero-order chi connectivity index (χ0) is 14.5. The smallest absolute Gasteiger partial charge is 0.221 e. The van der Waals surface area contributed by atoms with Crippen molar-refractivity contribution in [3.63, 3.8) is 0 Å². The molecule has 2 saturated heterocycles. The normalized spacial score (nSPS) is 33.0. The molecule has 0 bridgehead atoms. The molecule has 0 saturated carbocycles. The summed E-state index contributed by atoms with van der Waals surface area (Å²) in [7, 11) is 0. The van der Waals surface area contributed by atoms with Crippen LogP contribution in [-0.2, 0) is 4.79 Å². The van der Waals surface area contributed by atoms with Crippen LogP contribution >= 0.6 is 0 Å². The molecule has 4 heteroatoms. The molecule has 0 aliphatic carbocycles. The summed E-state index contributed by atoms with van der Waals surface area (Å²) in [6.07, 6.45) is 4.32. The number of likely N-dealkylation sites (tertiary alicyclic amines) is 1. The lowest BCUT2D eigenvalue weighted by molar-refractivity contribution is -0.122. The van der Waals surface area contributed by atoms with Gasteiger partial charge in [0.2, 0.25) is 5.91 Å². The Kier molecular flexibility index (Phi) is 5.85. The molecule has 4 nitrogen and oxygen atoms in total. The van der Waals surface area contributed by atoms with Crippen LogP contribution in [-0.4, -0.2) is 49.1 Å². The van der Waals surface area contributed by atoms with Gasteiger partial charge in [-0.05, 0) is 44.6 Å². The summed E-state index contributed by atoms with van der Waals surface area (Å²) in [5.74, 6) is 1.77. The fourth-order valence-electron chi connectivity index (χ4n) is 3.86. The quantitative estimate of drug-likeness (QED) is 0.805. The van der Waals surface area contributed by atoms with E-state index in [1.807, 2.05) is 0 Å². The molecule has 0 aromatic carbocycles. The maximum atomic E-state index is 12.0. The van der Waals surface area contributed by atoms with Crippen LogP contribution in [0.15, 0.2) is 0 Å². The van der Waals surface area contributed by atoms with Crippen LogP contribution in [0.4, 0.5) is 0 Å². The largest absolute Gasteiger partial charge is 0.352 e. The second kappa shape index (κ2) is 7.41. The Morgan fingerprint density at radius 3 is 2.65 bits per heavy atom. The van der Waals surface area contributed by atoms with Gasteiger partial charge in [0, 0.05) is 38.1 Å². The molecule has 1 amide bonds. The van der Waals surface area contributed by atoms with E-state index in [1.54, 1.807) is 0 Å². The van der Waals surface area contributed by atoms with Crippen LogP contribution in [0.5, 0.6) is 0 Å². The van der Waals surface area contributed by atoms with Crippen molar-refractivity contribution in [2.75, 3.05) is 26.2 Å². The molecule has 2 aliphatic heterocycles. The monoisotopic (exact) mass is 281 g/mol. The first kappa shape index (κ1) is 15.8. The van der Waals surface area contributed by atoms with Gasteiger partial charge in [-0.1, -0.05) is 13.8 Å². The van der Waals surface area contributed by atoms with Crippen molar-refractivity contribution in [2.45, 2.75) is 58.5 Å². The van der Waals surface area contributed by atoms with Gasteiger partial charge in [0.05, 0.1) is 0 Å². The van der Waals surface area contributed by atoms with Crippen molar-refractivity contribution in [3.05, 3.63) is 0 Å². The van der Waals surface area contributed by atoms with Gasteiger partial charge in [-0.25, -0.2) is 0 Å². The van der Waals surface area contributed by atoms with Crippen molar-refractivity contribution in [1.82, 2.24) is 15.5 Å². The average Bonchev–Trinajstić information content (AvgIpc) is 2.79. The Labute approximate surface area is 123 Å². The fourth-order valence-corrected chi connectivity index (χ4v) is 3.86. The van der Waals surface area contributed by atoms with E-state index in [1.165, 1.54) is 25.9 Å². The summed E-state index contributed by atoms with van der Waals surface area (Å²) >= 11 is 0. The molecule has 0 radical (unpaired) electrons. The van der Waals surface area contributed by atoms with Crippen molar-refractivity contribution in [1.29, 1.82) is 0 Å². The van der Waals surface area contributed by atoms with Crippen LogP contribution < -0.4 is 10.6 Å². The summed E-state index contributed by atoms with van der Waals surface area (Å²) in [5, 5.41) is 6.55.